The topological polar surface area (TPSA) is 89.9 Å². The molecule has 7 heteroatoms. The molecule has 104 valence electrons. The molecular formula is C12H15BrN2O4. The van der Waals surface area contributed by atoms with E-state index in [9.17, 15) is 9.59 Å². The molecule has 1 rings (SSSR count). The normalized spacial score (nSPS) is 11.7. The number of carbonyl (C=O) groups excluding carboxylic acids is 1. The van der Waals surface area contributed by atoms with E-state index in [1.165, 1.54) is 4.90 Å². The highest BCUT2D eigenvalue weighted by molar-refractivity contribution is 9.10. The highest BCUT2D eigenvalue weighted by atomic mass is 79.9. The van der Waals surface area contributed by atoms with E-state index in [4.69, 9.17) is 10.2 Å². The van der Waals surface area contributed by atoms with Crippen LogP contribution in [0.4, 0.5) is 4.79 Å². The summed E-state index contributed by atoms with van der Waals surface area (Å²) in [6.07, 6.45) is 0. The second-order valence-corrected chi connectivity index (χ2v) is 4.92. The van der Waals surface area contributed by atoms with Gasteiger partial charge in [0.05, 0.1) is 6.61 Å². The van der Waals surface area contributed by atoms with Gasteiger partial charge in [0.2, 0.25) is 0 Å². The van der Waals surface area contributed by atoms with Gasteiger partial charge in [0.1, 0.15) is 0 Å². The summed E-state index contributed by atoms with van der Waals surface area (Å²) in [5.41, 5.74) is 0.905. The van der Waals surface area contributed by atoms with Crippen molar-refractivity contribution in [1.29, 1.82) is 0 Å². The molecule has 0 aromatic heterocycles. The predicted octanol–water partition coefficient (Wildman–Crippen LogP) is 1.04. The molecule has 0 fully saturated rings. The quantitative estimate of drug-likeness (QED) is 0.752. The van der Waals surface area contributed by atoms with Crippen LogP contribution >= 0.6 is 15.9 Å². The number of amides is 2. The standard InChI is InChI=1S/C12H15BrN2O4/c1-15(6-8-3-2-4-9(13)5-8)12(19)14-10(7-16)11(17)18/h2-5,10,16H,6-7H2,1H3,(H,14,19)(H,17,18)/t10-/m0/s1. The smallest absolute Gasteiger partial charge is 0.328 e. The summed E-state index contributed by atoms with van der Waals surface area (Å²) in [4.78, 5) is 23.8. The summed E-state index contributed by atoms with van der Waals surface area (Å²) in [7, 11) is 1.55. The van der Waals surface area contributed by atoms with Crippen LogP contribution in [0.15, 0.2) is 28.7 Å². The summed E-state index contributed by atoms with van der Waals surface area (Å²) in [5, 5.41) is 19.8. The predicted molar refractivity (Wildman–Crippen MR) is 72.7 cm³/mol. The summed E-state index contributed by atoms with van der Waals surface area (Å²) in [6.45, 7) is -0.311. The van der Waals surface area contributed by atoms with Crippen molar-refractivity contribution in [3.8, 4) is 0 Å². The fourth-order valence-corrected chi connectivity index (χ4v) is 1.87. The van der Waals surface area contributed by atoms with Gasteiger partial charge in [-0.05, 0) is 17.7 Å². The van der Waals surface area contributed by atoms with Gasteiger partial charge in [0, 0.05) is 18.1 Å². The Bertz CT molecular complexity index is 467. The summed E-state index contributed by atoms with van der Waals surface area (Å²) >= 11 is 3.33. The van der Waals surface area contributed by atoms with Gasteiger partial charge >= 0.3 is 12.0 Å². The Morgan fingerprint density at radius 3 is 2.68 bits per heavy atom. The first-order valence-corrected chi connectivity index (χ1v) is 6.33. The third-order valence-electron chi connectivity index (χ3n) is 2.43. The van der Waals surface area contributed by atoms with Crippen LogP contribution in [0.25, 0.3) is 0 Å². The summed E-state index contributed by atoms with van der Waals surface area (Å²) in [5.74, 6) is -1.27. The molecule has 19 heavy (non-hydrogen) atoms. The minimum absolute atomic E-state index is 0.336. The van der Waals surface area contributed by atoms with Crippen molar-refractivity contribution < 1.29 is 19.8 Å². The Morgan fingerprint density at radius 1 is 1.47 bits per heavy atom. The minimum atomic E-state index is -1.29. The highest BCUT2D eigenvalue weighted by Crippen LogP contribution is 2.12. The second-order valence-electron chi connectivity index (χ2n) is 4.01. The van der Waals surface area contributed by atoms with Crippen molar-refractivity contribution in [2.24, 2.45) is 0 Å². The van der Waals surface area contributed by atoms with Crippen LogP contribution in [0.5, 0.6) is 0 Å². The number of nitrogens with zero attached hydrogens (tertiary/aromatic N) is 1. The Balaban J connectivity index is 2.60. The Hall–Kier alpha value is -1.60. The van der Waals surface area contributed by atoms with Gasteiger partial charge in [0.15, 0.2) is 6.04 Å². The molecule has 0 aliphatic carbocycles. The molecule has 0 radical (unpaired) electrons. The number of urea groups is 1. The van der Waals surface area contributed by atoms with E-state index in [1.807, 2.05) is 24.3 Å². The van der Waals surface area contributed by atoms with E-state index in [-0.39, 0.29) is 0 Å². The van der Waals surface area contributed by atoms with Gasteiger partial charge in [-0.1, -0.05) is 28.1 Å². The molecule has 2 amide bonds. The Labute approximate surface area is 119 Å². The number of nitrogens with one attached hydrogen (secondary N) is 1. The molecule has 0 aliphatic heterocycles. The van der Waals surface area contributed by atoms with E-state index in [1.54, 1.807) is 7.05 Å². The number of rotatable bonds is 5. The van der Waals surface area contributed by atoms with Crippen molar-refractivity contribution in [3.63, 3.8) is 0 Å². The zero-order valence-electron chi connectivity index (χ0n) is 10.3. The number of carboxylic acids is 1. The van der Waals surface area contributed by atoms with Crippen LogP contribution < -0.4 is 5.32 Å². The summed E-state index contributed by atoms with van der Waals surface area (Å²) in [6, 6.07) is 5.59. The molecule has 1 atom stereocenters. The largest absolute Gasteiger partial charge is 0.480 e. The van der Waals surface area contributed by atoms with Gasteiger partial charge < -0.3 is 20.4 Å². The zero-order chi connectivity index (χ0) is 14.4. The van der Waals surface area contributed by atoms with Crippen molar-refractivity contribution in [2.45, 2.75) is 12.6 Å². The first kappa shape index (κ1) is 15.5. The molecule has 0 aliphatic rings. The van der Waals surface area contributed by atoms with Gasteiger partial charge in [-0.15, -0.1) is 0 Å². The number of benzene rings is 1. The lowest BCUT2D eigenvalue weighted by molar-refractivity contribution is -0.140. The average Bonchev–Trinajstić information content (AvgIpc) is 2.35. The zero-order valence-corrected chi connectivity index (χ0v) is 11.9. The number of aliphatic hydroxyl groups is 1. The van der Waals surface area contributed by atoms with E-state index in [0.717, 1.165) is 10.0 Å². The van der Waals surface area contributed by atoms with E-state index >= 15 is 0 Å². The number of carboxylic acid groups (broad SMARTS) is 1. The minimum Gasteiger partial charge on any atom is -0.480 e. The van der Waals surface area contributed by atoms with Crippen molar-refractivity contribution in [2.75, 3.05) is 13.7 Å². The molecule has 3 N–H and O–H groups in total. The molecule has 0 unspecified atom stereocenters. The lowest BCUT2D eigenvalue weighted by atomic mass is 10.2. The molecule has 6 nitrogen and oxygen atoms in total. The Morgan fingerprint density at radius 2 is 2.16 bits per heavy atom. The molecular weight excluding hydrogens is 316 g/mol. The lowest BCUT2D eigenvalue weighted by Gasteiger charge is -2.20. The van der Waals surface area contributed by atoms with Gasteiger partial charge in [-0.25, -0.2) is 9.59 Å². The van der Waals surface area contributed by atoms with Crippen LogP contribution in [0.1, 0.15) is 5.56 Å². The van der Waals surface area contributed by atoms with Crippen LogP contribution in [0.3, 0.4) is 0 Å². The Kier molecular flexibility index (Phi) is 5.78. The number of hydrogen-bond donors (Lipinski definition) is 3. The molecule has 0 bridgehead atoms. The summed E-state index contributed by atoms with van der Waals surface area (Å²) < 4.78 is 0.901. The van der Waals surface area contributed by atoms with E-state index < -0.39 is 24.6 Å². The van der Waals surface area contributed by atoms with Gasteiger partial charge in [-0.2, -0.15) is 0 Å². The third kappa shape index (κ3) is 4.88. The molecule has 0 saturated carbocycles. The fourth-order valence-electron chi connectivity index (χ4n) is 1.43. The van der Waals surface area contributed by atoms with Crippen molar-refractivity contribution in [3.05, 3.63) is 34.3 Å². The molecule has 0 heterocycles. The van der Waals surface area contributed by atoms with Crippen LogP contribution in [0, 0.1) is 0 Å². The maximum absolute atomic E-state index is 11.7. The SMILES string of the molecule is CN(Cc1cccc(Br)c1)C(=O)N[C@@H](CO)C(=O)O. The van der Waals surface area contributed by atoms with Crippen LogP contribution in [-0.4, -0.2) is 46.8 Å². The first-order chi connectivity index (χ1) is 8.93. The van der Waals surface area contributed by atoms with E-state index in [0.29, 0.717) is 6.54 Å². The average molecular weight is 331 g/mol. The highest BCUT2D eigenvalue weighted by Gasteiger charge is 2.20. The van der Waals surface area contributed by atoms with Gasteiger partial charge in [-0.3, -0.25) is 0 Å². The molecule has 1 aromatic rings. The van der Waals surface area contributed by atoms with Gasteiger partial charge in [0.25, 0.3) is 0 Å². The second kappa shape index (κ2) is 7.10. The molecule has 0 spiro atoms. The maximum atomic E-state index is 11.7. The first-order valence-electron chi connectivity index (χ1n) is 5.53. The molecule has 1 aromatic carbocycles. The van der Waals surface area contributed by atoms with E-state index in [2.05, 4.69) is 21.2 Å². The monoisotopic (exact) mass is 330 g/mol. The van der Waals surface area contributed by atoms with Crippen LogP contribution in [0.2, 0.25) is 0 Å². The fraction of sp³-hybridized carbons (Fsp3) is 0.333. The maximum Gasteiger partial charge on any atom is 0.328 e. The number of carbonyl (C=O) groups is 2. The number of aliphatic hydroxyl groups excluding tert-OH is 1. The number of halogens is 1. The van der Waals surface area contributed by atoms with Crippen LogP contribution in [-0.2, 0) is 11.3 Å². The van der Waals surface area contributed by atoms with Crippen molar-refractivity contribution >= 4 is 27.9 Å². The lowest BCUT2D eigenvalue weighted by Crippen LogP contribution is -2.48. The third-order valence-corrected chi connectivity index (χ3v) is 2.93. The number of hydrogen-bond acceptors (Lipinski definition) is 3. The number of aliphatic carboxylic acids is 1. The van der Waals surface area contributed by atoms with Crippen molar-refractivity contribution in [1.82, 2.24) is 10.2 Å². The molecule has 0 saturated heterocycles.